The highest BCUT2D eigenvalue weighted by atomic mass is 79.9. The van der Waals surface area contributed by atoms with E-state index in [2.05, 4.69) is 20.7 Å². The van der Waals surface area contributed by atoms with Gasteiger partial charge in [0, 0.05) is 14.5 Å². The van der Waals surface area contributed by atoms with Crippen molar-refractivity contribution in [1.29, 1.82) is 0 Å². The highest BCUT2D eigenvalue weighted by Gasteiger charge is 2.17. The summed E-state index contributed by atoms with van der Waals surface area (Å²) in [6.07, 6.45) is 0. The van der Waals surface area contributed by atoms with Crippen LogP contribution in [-0.4, -0.2) is 8.42 Å². The van der Waals surface area contributed by atoms with Gasteiger partial charge in [-0.25, -0.2) is 12.8 Å². The van der Waals surface area contributed by atoms with E-state index in [1.54, 1.807) is 0 Å². The van der Waals surface area contributed by atoms with Gasteiger partial charge in [-0.15, -0.1) is 0 Å². The Balaban J connectivity index is 2.40. The molecule has 0 aliphatic carbocycles. The molecule has 0 amide bonds. The molecular weight excluding hydrogens is 392 g/mol. The molecule has 2 aromatic carbocycles. The van der Waals surface area contributed by atoms with E-state index in [1.807, 2.05) is 0 Å². The van der Waals surface area contributed by atoms with Gasteiger partial charge in [0.15, 0.2) is 0 Å². The minimum Gasteiger partial charge on any atom is -0.278 e. The van der Waals surface area contributed by atoms with Crippen LogP contribution < -0.4 is 4.72 Å². The largest absolute Gasteiger partial charge is 0.278 e. The molecule has 0 heterocycles. The van der Waals surface area contributed by atoms with Crippen LogP contribution >= 0.6 is 39.1 Å². The van der Waals surface area contributed by atoms with E-state index >= 15 is 0 Å². The monoisotopic (exact) mass is 397 g/mol. The molecule has 8 heteroatoms. The Labute approximate surface area is 133 Å². The van der Waals surface area contributed by atoms with E-state index in [0.717, 1.165) is 12.1 Å². The van der Waals surface area contributed by atoms with Crippen molar-refractivity contribution in [3.63, 3.8) is 0 Å². The van der Waals surface area contributed by atoms with Gasteiger partial charge < -0.3 is 0 Å². The molecule has 0 radical (unpaired) electrons. The van der Waals surface area contributed by atoms with Gasteiger partial charge in [-0.2, -0.15) is 0 Å². The van der Waals surface area contributed by atoms with Gasteiger partial charge in [0.05, 0.1) is 10.6 Å². The first-order valence-electron chi connectivity index (χ1n) is 5.22. The predicted molar refractivity (Wildman–Crippen MR) is 81.4 cm³/mol. The maximum Gasteiger partial charge on any atom is 0.262 e. The van der Waals surface area contributed by atoms with Crippen LogP contribution in [0.5, 0.6) is 0 Å². The van der Waals surface area contributed by atoms with E-state index in [1.165, 1.54) is 24.3 Å². The second-order valence-electron chi connectivity index (χ2n) is 3.83. The minimum atomic E-state index is -3.87. The Bertz CT molecular complexity index is 748. The van der Waals surface area contributed by atoms with Crippen LogP contribution in [0, 0.1) is 5.82 Å². The third kappa shape index (κ3) is 3.63. The molecule has 0 fully saturated rings. The molecule has 0 saturated carbocycles. The number of hydrogen-bond donors (Lipinski definition) is 1. The molecule has 2 aromatic rings. The van der Waals surface area contributed by atoms with E-state index in [-0.39, 0.29) is 25.1 Å². The lowest BCUT2D eigenvalue weighted by Gasteiger charge is -2.10. The number of rotatable bonds is 3. The zero-order valence-corrected chi connectivity index (χ0v) is 13.6. The van der Waals surface area contributed by atoms with Gasteiger partial charge in [-0.1, -0.05) is 23.2 Å². The zero-order valence-electron chi connectivity index (χ0n) is 9.70. The van der Waals surface area contributed by atoms with Gasteiger partial charge in [0.2, 0.25) is 0 Å². The maximum absolute atomic E-state index is 13.0. The van der Waals surface area contributed by atoms with Crippen LogP contribution in [0.15, 0.2) is 45.8 Å². The lowest BCUT2D eigenvalue weighted by molar-refractivity contribution is 0.601. The average molecular weight is 399 g/mol. The fraction of sp³-hybridized carbons (Fsp3) is 0. The molecule has 0 aromatic heterocycles. The molecule has 0 unspecified atom stereocenters. The summed E-state index contributed by atoms with van der Waals surface area (Å²) in [5.41, 5.74) is 0.211. The molecule has 2 rings (SSSR count). The van der Waals surface area contributed by atoms with Crippen LogP contribution in [0.2, 0.25) is 10.0 Å². The quantitative estimate of drug-likeness (QED) is 0.814. The summed E-state index contributed by atoms with van der Waals surface area (Å²) in [4.78, 5) is -0.0776. The predicted octanol–water partition coefficient (Wildman–Crippen LogP) is 4.70. The maximum atomic E-state index is 13.0. The minimum absolute atomic E-state index is 0.0776. The van der Waals surface area contributed by atoms with Gasteiger partial charge in [-0.3, -0.25) is 4.72 Å². The first-order chi connectivity index (χ1) is 9.28. The number of hydrogen-bond acceptors (Lipinski definition) is 2. The first kappa shape index (κ1) is 15.6. The molecule has 106 valence electrons. The van der Waals surface area contributed by atoms with Crippen molar-refractivity contribution in [2.75, 3.05) is 4.72 Å². The Kier molecular flexibility index (Phi) is 4.59. The van der Waals surface area contributed by atoms with Crippen LogP contribution in [0.25, 0.3) is 0 Å². The molecule has 0 aliphatic rings. The molecule has 0 bridgehead atoms. The number of anilines is 1. The summed E-state index contributed by atoms with van der Waals surface area (Å²) >= 11 is 14.6. The molecule has 1 N–H and O–H groups in total. The molecule has 0 aliphatic heterocycles. The standard InChI is InChI=1S/C12H7BrCl2FNO2S/c13-11-6-9(16)1-2-12(11)17-20(18,19)10-4-7(14)3-8(15)5-10/h1-6,17H. The van der Waals surface area contributed by atoms with E-state index in [9.17, 15) is 12.8 Å². The summed E-state index contributed by atoms with van der Waals surface area (Å²) in [5.74, 6) is -0.481. The second kappa shape index (κ2) is 5.89. The highest BCUT2D eigenvalue weighted by Crippen LogP contribution is 2.28. The molecule has 0 saturated heterocycles. The van der Waals surface area contributed by atoms with Crippen molar-refractivity contribution in [2.45, 2.75) is 4.90 Å². The number of sulfonamides is 1. The molecule has 3 nitrogen and oxygen atoms in total. The Hall–Kier alpha value is -0.820. The Morgan fingerprint density at radius 3 is 2.20 bits per heavy atom. The van der Waals surface area contributed by atoms with E-state index < -0.39 is 15.8 Å². The fourth-order valence-corrected chi connectivity index (χ4v) is 3.85. The van der Waals surface area contributed by atoms with E-state index in [4.69, 9.17) is 23.2 Å². The number of halogens is 4. The number of benzene rings is 2. The normalized spacial score (nSPS) is 11.4. The summed E-state index contributed by atoms with van der Waals surface area (Å²) in [6, 6.07) is 7.58. The van der Waals surface area contributed by atoms with Crippen molar-refractivity contribution >= 4 is 54.8 Å². The van der Waals surface area contributed by atoms with Crippen LogP contribution in [-0.2, 0) is 10.0 Å². The second-order valence-corrected chi connectivity index (χ2v) is 7.24. The topological polar surface area (TPSA) is 46.2 Å². The summed E-state index contributed by atoms with van der Waals surface area (Å²) in [7, 11) is -3.87. The van der Waals surface area contributed by atoms with Crippen LogP contribution in [0.3, 0.4) is 0 Å². The van der Waals surface area contributed by atoms with Crippen molar-refractivity contribution in [3.8, 4) is 0 Å². The lowest BCUT2D eigenvalue weighted by atomic mass is 10.3. The highest BCUT2D eigenvalue weighted by molar-refractivity contribution is 9.10. The molecule has 0 atom stereocenters. The Morgan fingerprint density at radius 2 is 1.65 bits per heavy atom. The molecule has 0 spiro atoms. The van der Waals surface area contributed by atoms with Gasteiger partial charge in [0.1, 0.15) is 5.82 Å². The van der Waals surface area contributed by atoms with E-state index in [0.29, 0.717) is 0 Å². The number of nitrogens with one attached hydrogen (secondary N) is 1. The average Bonchev–Trinajstić information content (AvgIpc) is 2.31. The van der Waals surface area contributed by atoms with Crippen LogP contribution in [0.1, 0.15) is 0 Å². The molecule has 20 heavy (non-hydrogen) atoms. The molecular formula is C12H7BrCl2FNO2S. The Morgan fingerprint density at radius 1 is 1.05 bits per heavy atom. The summed E-state index contributed by atoms with van der Waals surface area (Å²) in [6.45, 7) is 0. The van der Waals surface area contributed by atoms with Gasteiger partial charge in [0.25, 0.3) is 10.0 Å². The zero-order chi connectivity index (χ0) is 14.9. The van der Waals surface area contributed by atoms with Crippen molar-refractivity contribution in [2.24, 2.45) is 0 Å². The van der Waals surface area contributed by atoms with Gasteiger partial charge in [-0.05, 0) is 52.3 Å². The van der Waals surface area contributed by atoms with Gasteiger partial charge >= 0.3 is 0 Å². The lowest BCUT2D eigenvalue weighted by Crippen LogP contribution is -2.13. The van der Waals surface area contributed by atoms with Crippen molar-refractivity contribution in [3.05, 3.63) is 56.7 Å². The smallest absolute Gasteiger partial charge is 0.262 e. The first-order valence-corrected chi connectivity index (χ1v) is 8.25. The van der Waals surface area contributed by atoms with Crippen molar-refractivity contribution in [1.82, 2.24) is 0 Å². The summed E-state index contributed by atoms with van der Waals surface area (Å²) < 4.78 is 40.0. The fourth-order valence-electron chi connectivity index (χ4n) is 1.46. The van der Waals surface area contributed by atoms with Crippen LogP contribution in [0.4, 0.5) is 10.1 Å². The van der Waals surface area contributed by atoms with Crippen molar-refractivity contribution < 1.29 is 12.8 Å². The SMILES string of the molecule is O=S(=O)(Nc1ccc(F)cc1Br)c1cc(Cl)cc(Cl)c1. The third-order valence-electron chi connectivity index (χ3n) is 2.32. The third-order valence-corrected chi connectivity index (χ3v) is 4.76. The summed E-state index contributed by atoms with van der Waals surface area (Å²) in [5, 5.41) is 0.409.